The van der Waals surface area contributed by atoms with Crippen LogP contribution < -0.4 is 5.32 Å². The highest BCUT2D eigenvalue weighted by atomic mass is 19.1. The largest absolute Gasteiger partial charge is 0.319 e. The van der Waals surface area contributed by atoms with Gasteiger partial charge in [0.05, 0.1) is 0 Å². The molecule has 0 aliphatic heterocycles. The summed E-state index contributed by atoms with van der Waals surface area (Å²) in [4.78, 5) is 0. The smallest absolute Gasteiger partial charge is 0.123 e. The van der Waals surface area contributed by atoms with Gasteiger partial charge >= 0.3 is 0 Å². The van der Waals surface area contributed by atoms with E-state index in [-0.39, 0.29) is 5.82 Å². The summed E-state index contributed by atoms with van der Waals surface area (Å²) in [6.07, 6.45) is 2.06. The predicted octanol–water partition coefficient (Wildman–Crippen LogP) is 2.61. The molecule has 78 valence electrons. The zero-order valence-corrected chi connectivity index (χ0v) is 8.89. The maximum absolute atomic E-state index is 12.8. The van der Waals surface area contributed by atoms with Gasteiger partial charge in [0.2, 0.25) is 0 Å². The molecule has 1 rings (SSSR count). The van der Waals surface area contributed by atoms with Gasteiger partial charge in [0.25, 0.3) is 0 Å². The van der Waals surface area contributed by atoms with E-state index in [1.54, 1.807) is 12.1 Å². The minimum atomic E-state index is -0.135. The van der Waals surface area contributed by atoms with Gasteiger partial charge in [-0.15, -0.1) is 0 Å². The number of benzene rings is 1. The third kappa shape index (κ3) is 3.88. The summed E-state index contributed by atoms with van der Waals surface area (Å²) < 4.78 is 12.8. The molecule has 1 atom stereocenters. The van der Waals surface area contributed by atoms with Crippen LogP contribution >= 0.6 is 0 Å². The van der Waals surface area contributed by atoms with Gasteiger partial charge in [0.1, 0.15) is 5.82 Å². The summed E-state index contributed by atoms with van der Waals surface area (Å²) in [7, 11) is 1.96. The Balaban J connectivity index is 2.37. The Labute approximate surface area is 85.3 Å². The summed E-state index contributed by atoms with van der Waals surface area (Å²) in [5.74, 6) is 0.507. The summed E-state index contributed by atoms with van der Waals surface area (Å²) in [5, 5.41) is 3.14. The molecule has 14 heavy (non-hydrogen) atoms. The number of hydrogen-bond donors (Lipinski definition) is 1. The van der Waals surface area contributed by atoms with Crippen molar-refractivity contribution in [2.45, 2.75) is 19.8 Å². The van der Waals surface area contributed by atoms with Crippen molar-refractivity contribution >= 4 is 0 Å². The molecule has 1 aromatic rings. The maximum Gasteiger partial charge on any atom is 0.123 e. The summed E-state index contributed by atoms with van der Waals surface area (Å²) >= 11 is 0. The molecular formula is C12H18FN. The van der Waals surface area contributed by atoms with Crippen molar-refractivity contribution < 1.29 is 4.39 Å². The van der Waals surface area contributed by atoms with E-state index in [0.717, 1.165) is 24.9 Å². The molecule has 0 aromatic heterocycles. The second kappa shape index (κ2) is 5.76. The minimum absolute atomic E-state index is 0.135. The predicted molar refractivity (Wildman–Crippen MR) is 57.8 cm³/mol. The van der Waals surface area contributed by atoms with E-state index in [9.17, 15) is 4.39 Å². The molecule has 0 amide bonds. The summed E-state index contributed by atoms with van der Waals surface area (Å²) in [5.41, 5.74) is 1.09. The second-order valence-corrected chi connectivity index (χ2v) is 3.83. The number of halogens is 1. The van der Waals surface area contributed by atoms with Crippen LogP contribution in [0.2, 0.25) is 0 Å². The van der Waals surface area contributed by atoms with Crippen molar-refractivity contribution in [2.75, 3.05) is 13.6 Å². The van der Waals surface area contributed by atoms with Crippen molar-refractivity contribution in [2.24, 2.45) is 5.92 Å². The zero-order chi connectivity index (χ0) is 10.4. The Hall–Kier alpha value is -0.890. The molecule has 0 spiro atoms. The van der Waals surface area contributed by atoms with Gasteiger partial charge in [-0.1, -0.05) is 19.1 Å². The molecule has 1 aromatic carbocycles. The fourth-order valence-corrected chi connectivity index (χ4v) is 1.56. The molecule has 0 heterocycles. The van der Waals surface area contributed by atoms with E-state index in [4.69, 9.17) is 0 Å². The average Bonchev–Trinajstić information content (AvgIpc) is 2.15. The molecule has 1 unspecified atom stereocenters. The topological polar surface area (TPSA) is 12.0 Å². The normalized spacial score (nSPS) is 12.8. The van der Waals surface area contributed by atoms with Gasteiger partial charge in [0, 0.05) is 0 Å². The van der Waals surface area contributed by atoms with Crippen LogP contribution in [0.15, 0.2) is 24.3 Å². The molecule has 0 aliphatic carbocycles. The van der Waals surface area contributed by atoms with Crippen LogP contribution in [0, 0.1) is 11.7 Å². The van der Waals surface area contributed by atoms with Crippen molar-refractivity contribution in [1.29, 1.82) is 0 Å². The number of rotatable bonds is 5. The van der Waals surface area contributed by atoms with Gasteiger partial charge in [0.15, 0.2) is 0 Å². The van der Waals surface area contributed by atoms with Crippen molar-refractivity contribution in [3.63, 3.8) is 0 Å². The van der Waals surface area contributed by atoms with Crippen LogP contribution in [0.4, 0.5) is 4.39 Å². The molecular weight excluding hydrogens is 177 g/mol. The van der Waals surface area contributed by atoms with E-state index >= 15 is 0 Å². The lowest BCUT2D eigenvalue weighted by atomic mass is 10.0. The molecule has 0 radical (unpaired) electrons. The number of hydrogen-bond acceptors (Lipinski definition) is 1. The van der Waals surface area contributed by atoms with Crippen LogP contribution in [0.1, 0.15) is 18.9 Å². The van der Waals surface area contributed by atoms with Crippen LogP contribution in [0.5, 0.6) is 0 Å². The molecule has 2 heteroatoms. The third-order valence-corrected chi connectivity index (χ3v) is 2.37. The van der Waals surface area contributed by atoms with E-state index in [2.05, 4.69) is 12.2 Å². The van der Waals surface area contributed by atoms with Gasteiger partial charge in [-0.05, 0) is 50.0 Å². The first-order chi connectivity index (χ1) is 6.72. The van der Waals surface area contributed by atoms with E-state index in [0.29, 0.717) is 5.92 Å². The standard InChI is InChI=1S/C12H18FN/c1-10(9-14-2)6-7-11-4-3-5-12(13)8-11/h3-5,8,10,14H,6-7,9H2,1-2H3. The summed E-state index contributed by atoms with van der Waals surface area (Å²) in [6.45, 7) is 3.23. The zero-order valence-electron chi connectivity index (χ0n) is 8.89. The van der Waals surface area contributed by atoms with Crippen molar-refractivity contribution in [1.82, 2.24) is 5.32 Å². The maximum atomic E-state index is 12.8. The second-order valence-electron chi connectivity index (χ2n) is 3.83. The lowest BCUT2D eigenvalue weighted by Crippen LogP contribution is -2.16. The quantitative estimate of drug-likeness (QED) is 0.761. The molecule has 0 fully saturated rings. The van der Waals surface area contributed by atoms with E-state index < -0.39 is 0 Å². The molecule has 0 bridgehead atoms. The molecule has 0 saturated carbocycles. The first-order valence-electron chi connectivity index (χ1n) is 5.11. The highest BCUT2D eigenvalue weighted by Gasteiger charge is 2.01. The SMILES string of the molecule is CNCC(C)CCc1cccc(F)c1. The number of nitrogens with one attached hydrogen (secondary N) is 1. The Morgan fingerprint density at radius 3 is 2.86 bits per heavy atom. The van der Waals surface area contributed by atoms with Crippen molar-refractivity contribution in [3.05, 3.63) is 35.6 Å². The fourth-order valence-electron chi connectivity index (χ4n) is 1.56. The van der Waals surface area contributed by atoms with Crippen molar-refractivity contribution in [3.8, 4) is 0 Å². The van der Waals surface area contributed by atoms with Crippen LogP contribution in [0.25, 0.3) is 0 Å². The average molecular weight is 195 g/mol. The highest BCUT2D eigenvalue weighted by Crippen LogP contribution is 2.10. The highest BCUT2D eigenvalue weighted by molar-refractivity contribution is 5.16. The molecule has 1 N–H and O–H groups in total. The monoisotopic (exact) mass is 195 g/mol. The Morgan fingerprint density at radius 2 is 2.21 bits per heavy atom. The minimum Gasteiger partial charge on any atom is -0.319 e. The van der Waals surface area contributed by atoms with Gasteiger partial charge in [-0.25, -0.2) is 4.39 Å². The molecule has 0 aliphatic rings. The van der Waals surface area contributed by atoms with Crippen LogP contribution in [0.3, 0.4) is 0 Å². The Morgan fingerprint density at radius 1 is 1.43 bits per heavy atom. The van der Waals surface area contributed by atoms with Crippen LogP contribution in [-0.2, 0) is 6.42 Å². The lowest BCUT2D eigenvalue weighted by Gasteiger charge is -2.10. The van der Waals surface area contributed by atoms with E-state index in [1.807, 2.05) is 13.1 Å². The Kier molecular flexibility index (Phi) is 4.60. The first kappa shape index (κ1) is 11.2. The van der Waals surface area contributed by atoms with Gasteiger partial charge in [-0.3, -0.25) is 0 Å². The Bertz CT molecular complexity index is 273. The summed E-state index contributed by atoms with van der Waals surface area (Å²) in [6, 6.07) is 6.86. The van der Waals surface area contributed by atoms with Crippen LogP contribution in [-0.4, -0.2) is 13.6 Å². The first-order valence-corrected chi connectivity index (χ1v) is 5.11. The third-order valence-electron chi connectivity index (χ3n) is 2.37. The van der Waals surface area contributed by atoms with Gasteiger partial charge in [-0.2, -0.15) is 0 Å². The van der Waals surface area contributed by atoms with E-state index in [1.165, 1.54) is 6.07 Å². The van der Waals surface area contributed by atoms with Gasteiger partial charge < -0.3 is 5.32 Å². The number of aryl methyl sites for hydroxylation is 1. The lowest BCUT2D eigenvalue weighted by molar-refractivity contribution is 0.504. The fraction of sp³-hybridized carbons (Fsp3) is 0.500. The molecule has 1 nitrogen and oxygen atoms in total. The molecule has 0 saturated heterocycles.